The number of benzene rings is 1. The number of nitrogens with zero attached hydrogens (tertiary/aromatic N) is 3. The summed E-state index contributed by atoms with van der Waals surface area (Å²) in [6.07, 6.45) is 2.19. The molecule has 1 aromatic carbocycles. The molecule has 124 valence electrons. The summed E-state index contributed by atoms with van der Waals surface area (Å²) in [6, 6.07) is 8.44. The van der Waals surface area contributed by atoms with Gasteiger partial charge in [-0.3, -0.25) is 9.69 Å². The van der Waals surface area contributed by atoms with E-state index in [0.717, 1.165) is 13.1 Å². The van der Waals surface area contributed by atoms with Crippen LogP contribution in [0.2, 0.25) is 0 Å². The first-order chi connectivity index (χ1) is 10.9. The van der Waals surface area contributed by atoms with Crippen molar-refractivity contribution < 1.29 is 9.53 Å². The van der Waals surface area contributed by atoms with Gasteiger partial charge in [0.2, 0.25) is 0 Å². The van der Waals surface area contributed by atoms with Gasteiger partial charge in [-0.1, -0.05) is 18.2 Å². The zero-order valence-electron chi connectivity index (χ0n) is 14.4. The lowest BCUT2D eigenvalue weighted by molar-refractivity contribution is -0.165. The van der Waals surface area contributed by atoms with Gasteiger partial charge in [-0.2, -0.15) is 0 Å². The highest BCUT2D eigenvalue weighted by Gasteiger charge is 2.40. The Labute approximate surface area is 137 Å². The molecule has 1 amide bonds. The van der Waals surface area contributed by atoms with Crippen molar-refractivity contribution in [3.8, 4) is 0 Å². The maximum Gasteiger partial charge on any atom is 0.255 e. The number of amides is 1. The van der Waals surface area contributed by atoms with Gasteiger partial charge in [0.25, 0.3) is 5.91 Å². The number of fused-ring (bicyclic) bond motifs is 1. The molecule has 0 saturated carbocycles. The number of ether oxygens (including phenoxy) is 1. The second-order valence-corrected chi connectivity index (χ2v) is 6.77. The second-order valence-electron chi connectivity index (χ2n) is 6.77. The molecule has 0 spiro atoms. The highest BCUT2D eigenvalue weighted by atomic mass is 16.5. The molecule has 0 unspecified atom stereocenters. The van der Waals surface area contributed by atoms with Crippen LogP contribution >= 0.6 is 0 Å². The molecule has 5 heteroatoms. The van der Waals surface area contributed by atoms with Gasteiger partial charge < -0.3 is 14.2 Å². The fourth-order valence-electron chi connectivity index (χ4n) is 3.48. The standard InChI is InChI=1S/C18H25N3O2/c1-18(17(22)19(2)3)13-21(9-10-23-18)12-14-11-20(4)16-8-6-5-7-15(14)16/h5-8,11H,9-10,12-13H2,1-4H3/t18-/m1/s1. The minimum atomic E-state index is -0.758. The molecule has 1 fully saturated rings. The molecule has 0 N–H and O–H groups in total. The minimum Gasteiger partial charge on any atom is -0.363 e. The van der Waals surface area contributed by atoms with Crippen LogP contribution in [0, 0.1) is 0 Å². The van der Waals surface area contributed by atoms with E-state index < -0.39 is 5.60 Å². The van der Waals surface area contributed by atoms with Crippen LogP contribution in [0.15, 0.2) is 30.5 Å². The van der Waals surface area contributed by atoms with Gasteiger partial charge in [-0.15, -0.1) is 0 Å². The van der Waals surface area contributed by atoms with Crippen LogP contribution in [0.1, 0.15) is 12.5 Å². The Bertz CT molecular complexity index is 722. The van der Waals surface area contributed by atoms with Gasteiger partial charge in [0.05, 0.1) is 6.61 Å². The summed E-state index contributed by atoms with van der Waals surface area (Å²) in [7, 11) is 5.63. The molecule has 1 aliphatic heterocycles. The summed E-state index contributed by atoms with van der Waals surface area (Å²) >= 11 is 0. The van der Waals surface area contributed by atoms with Gasteiger partial charge in [0.15, 0.2) is 5.60 Å². The number of aromatic nitrogens is 1. The monoisotopic (exact) mass is 315 g/mol. The average molecular weight is 315 g/mol. The number of likely N-dealkylation sites (N-methyl/N-ethyl adjacent to an activating group) is 1. The van der Waals surface area contributed by atoms with Crippen molar-refractivity contribution in [2.24, 2.45) is 7.05 Å². The van der Waals surface area contributed by atoms with Crippen LogP contribution in [0.25, 0.3) is 10.9 Å². The molecule has 0 radical (unpaired) electrons. The van der Waals surface area contributed by atoms with Gasteiger partial charge in [0.1, 0.15) is 0 Å². The second kappa shape index (κ2) is 5.98. The van der Waals surface area contributed by atoms with E-state index >= 15 is 0 Å². The molecule has 1 atom stereocenters. The van der Waals surface area contributed by atoms with Crippen molar-refractivity contribution in [2.75, 3.05) is 33.8 Å². The number of carbonyl (C=O) groups is 1. The normalized spacial score (nSPS) is 22.4. The zero-order chi connectivity index (χ0) is 16.6. The van der Waals surface area contributed by atoms with Gasteiger partial charge in [-0.25, -0.2) is 0 Å². The molecule has 2 aromatic rings. The Balaban J connectivity index is 1.81. The number of morpholine rings is 1. The van der Waals surface area contributed by atoms with Crippen LogP contribution in [0.5, 0.6) is 0 Å². The predicted octanol–water partition coefficient (Wildman–Crippen LogP) is 1.86. The third kappa shape index (κ3) is 2.99. The third-order valence-electron chi connectivity index (χ3n) is 4.59. The lowest BCUT2D eigenvalue weighted by atomic mass is 10.0. The topological polar surface area (TPSA) is 37.7 Å². The molecule has 1 aliphatic rings. The van der Waals surface area contributed by atoms with Crippen molar-refractivity contribution in [2.45, 2.75) is 19.1 Å². The molecule has 23 heavy (non-hydrogen) atoms. The van der Waals surface area contributed by atoms with Crippen LogP contribution in [0.4, 0.5) is 0 Å². The molecule has 1 aromatic heterocycles. The number of rotatable bonds is 3. The summed E-state index contributed by atoms with van der Waals surface area (Å²) in [5.41, 5.74) is 1.78. The molecule has 1 saturated heterocycles. The lowest BCUT2D eigenvalue weighted by Crippen LogP contribution is -2.57. The number of para-hydroxylation sites is 1. The Hall–Kier alpha value is -1.85. The van der Waals surface area contributed by atoms with Crippen molar-refractivity contribution in [3.63, 3.8) is 0 Å². The van der Waals surface area contributed by atoms with Crippen molar-refractivity contribution in [1.29, 1.82) is 0 Å². The van der Waals surface area contributed by atoms with E-state index in [4.69, 9.17) is 4.74 Å². The van der Waals surface area contributed by atoms with E-state index in [1.54, 1.807) is 19.0 Å². The zero-order valence-corrected chi connectivity index (χ0v) is 14.4. The molecule has 0 bridgehead atoms. The highest BCUT2D eigenvalue weighted by Crippen LogP contribution is 2.25. The smallest absolute Gasteiger partial charge is 0.255 e. The molecular weight excluding hydrogens is 290 g/mol. The molecule has 3 rings (SSSR count). The van der Waals surface area contributed by atoms with E-state index in [1.807, 2.05) is 6.92 Å². The summed E-state index contributed by atoms with van der Waals surface area (Å²) in [6.45, 7) is 4.78. The summed E-state index contributed by atoms with van der Waals surface area (Å²) in [5, 5.41) is 1.28. The van der Waals surface area contributed by atoms with E-state index in [1.165, 1.54) is 16.5 Å². The van der Waals surface area contributed by atoms with E-state index in [0.29, 0.717) is 13.2 Å². The predicted molar refractivity (Wildman–Crippen MR) is 91.2 cm³/mol. The average Bonchev–Trinajstić information content (AvgIpc) is 2.83. The van der Waals surface area contributed by atoms with Crippen LogP contribution in [0.3, 0.4) is 0 Å². The first kappa shape index (κ1) is 16.0. The summed E-state index contributed by atoms with van der Waals surface area (Å²) in [4.78, 5) is 16.3. The fraction of sp³-hybridized carbons (Fsp3) is 0.500. The Morgan fingerprint density at radius 3 is 2.83 bits per heavy atom. The van der Waals surface area contributed by atoms with Crippen molar-refractivity contribution in [1.82, 2.24) is 14.4 Å². The highest BCUT2D eigenvalue weighted by molar-refractivity contribution is 5.85. The number of carbonyl (C=O) groups excluding carboxylic acids is 1. The third-order valence-corrected chi connectivity index (χ3v) is 4.59. The Morgan fingerprint density at radius 1 is 1.35 bits per heavy atom. The van der Waals surface area contributed by atoms with Crippen LogP contribution in [-0.2, 0) is 23.1 Å². The molecule has 2 heterocycles. The Kier molecular flexibility index (Phi) is 4.17. The first-order valence-corrected chi connectivity index (χ1v) is 8.02. The number of aryl methyl sites for hydroxylation is 1. The van der Waals surface area contributed by atoms with Gasteiger partial charge in [0, 0.05) is 57.9 Å². The maximum atomic E-state index is 12.4. The summed E-state index contributed by atoms with van der Waals surface area (Å²) in [5.74, 6) is 0.0279. The quantitative estimate of drug-likeness (QED) is 0.868. The van der Waals surface area contributed by atoms with E-state index in [9.17, 15) is 4.79 Å². The Morgan fingerprint density at radius 2 is 2.09 bits per heavy atom. The lowest BCUT2D eigenvalue weighted by Gasteiger charge is -2.40. The van der Waals surface area contributed by atoms with Crippen molar-refractivity contribution in [3.05, 3.63) is 36.0 Å². The van der Waals surface area contributed by atoms with Gasteiger partial charge >= 0.3 is 0 Å². The van der Waals surface area contributed by atoms with E-state index in [-0.39, 0.29) is 5.91 Å². The number of hydrogen-bond donors (Lipinski definition) is 0. The van der Waals surface area contributed by atoms with Crippen LogP contribution < -0.4 is 0 Å². The summed E-state index contributed by atoms with van der Waals surface area (Å²) < 4.78 is 7.97. The number of hydrogen-bond acceptors (Lipinski definition) is 3. The molecular formula is C18H25N3O2. The molecule has 0 aliphatic carbocycles. The fourth-order valence-corrected chi connectivity index (χ4v) is 3.48. The SMILES string of the molecule is CN(C)C(=O)[C@@]1(C)CN(Cc2cn(C)c3ccccc23)CCO1. The van der Waals surface area contributed by atoms with Crippen molar-refractivity contribution >= 4 is 16.8 Å². The molecule has 5 nitrogen and oxygen atoms in total. The largest absolute Gasteiger partial charge is 0.363 e. The van der Waals surface area contributed by atoms with E-state index in [2.05, 4.69) is 47.0 Å². The van der Waals surface area contributed by atoms with Crippen LogP contribution in [-0.4, -0.2) is 59.7 Å². The first-order valence-electron chi connectivity index (χ1n) is 8.02. The maximum absolute atomic E-state index is 12.4. The minimum absolute atomic E-state index is 0.0279. The van der Waals surface area contributed by atoms with Gasteiger partial charge in [-0.05, 0) is 18.6 Å².